The number of nitrogens with zero attached hydrogens (tertiary/aromatic N) is 1. The maximum absolute atomic E-state index is 12.1. The first-order chi connectivity index (χ1) is 8.16. The molecule has 17 heavy (non-hydrogen) atoms. The average molecular weight is 234 g/mol. The Morgan fingerprint density at radius 2 is 2.12 bits per heavy atom. The van der Waals surface area contributed by atoms with Gasteiger partial charge in [0, 0.05) is 36.7 Å². The fraction of sp³-hybridized carbons (Fsp3) is 0.538. The van der Waals surface area contributed by atoms with Crippen LogP contribution in [0.3, 0.4) is 0 Å². The molecule has 1 aromatic heterocycles. The molecule has 0 radical (unpaired) electrons. The van der Waals surface area contributed by atoms with Gasteiger partial charge in [0.1, 0.15) is 0 Å². The normalized spacial score (nSPS) is 16.8. The Kier molecular flexibility index (Phi) is 3.74. The molecule has 0 saturated carbocycles. The molecule has 1 amide bonds. The van der Waals surface area contributed by atoms with E-state index in [9.17, 15) is 4.79 Å². The van der Waals surface area contributed by atoms with E-state index >= 15 is 0 Å². The molecule has 2 rings (SSSR count). The van der Waals surface area contributed by atoms with E-state index in [2.05, 4.69) is 10.3 Å². The van der Waals surface area contributed by atoms with Crippen LogP contribution in [0.1, 0.15) is 34.5 Å². The summed E-state index contributed by atoms with van der Waals surface area (Å²) in [4.78, 5) is 16.3. The SMILES string of the molecule is Cc1cc(C(=O)NC2CCOCC2)c(C)cn1. The summed E-state index contributed by atoms with van der Waals surface area (Å²) < 4.78 is 5.27. The molecule has 92 valence electrons. The third-order valence-corrected chi connectivity index (χ3v) is 3.04. The second kappa shape index (κ2) is 5.27. The fourth-order valence-electron chi connectivity index (χ4n) is 1.98. The molecule has 4 nitrogen and oxygen atoms in total. The molecule has 1 saturated heterocycles. The number of hydrogen-bond donors (Lipinski definition) is 1. The molecular formula is C13H18N2O2. The Bertz CT molecular complexity index is 412. The van der Waals surface area contributed by atoms with Crippen molar-refractivity contribution in [3.8, 4) is 0 Å². The number of rotatable bonds is 2. The van der Waals surface area contributed by atoms with Gasteiger partial charge in [0.15, 0.2) is 0 Å². The van der Waals surface area contributed by atoms with E-state index in [1.165, 1.54) is 0 Å². The second-order valence-corrected chi connectivity index (χ2v) is 4.50. The number of carbonyl (C=O) groups is 1. The van der Waals surface area contributed by atoms with E-state index in [4.69, 9.17) is 4.74 Å². The molecule has 0 aliphatic carbocycles. The van der Waals surface area contributed by atoms with E-state index in [1.807, 2.05) is 19.9 Å². The molecule has 0 atom stereocenters. The van der Waals surface area contributed by atoms with Gasteiger partial charge in [0.2, 0.25) is 0 Å². The standard InChI is InChI=1S/C13H18N2O2/c1-9-8-14-10(2)7-12(9)13(16)15-11-3-5-17-6-4-11/h7-8,11H,3-6H2,1-2H3,(H,15,16). The Labute approximate surface area is 101 Å². The molecule has 1 fully saturated rings. The smallest absolute Gasteiger partial charge is 0.251 e. The molecule has 0 bridgehead atoms. The minimum Gasteiger partial charge on any atom is -0.381 e. The van der Waals surface area contributed by atoms with Gasteiger partial charge >= 0.3 is 0 Å². The summed E-state index contributed by atoms with van der Waals surface area (Å²) in [5.74, 6) is -0.0000926. The summed E-state index contributed by atoms with van der Waals surface area (Å²) in [5.41, 5.74) is 2.51. The number of hydrogen-bond acceptors (Lipinski definition) is 3. The lowest BCUT2D eigenvalue weighted by molar-refractivity contribution is 0.0696. The molecule has 1 aliphatic heterocycles. The fourth-order valence-corrected chi connectivity index (χ4v) is 1.98. The summed E-state index contributed by atoms with van der Waals surface area (Å²) in [5, 5.41) is 3.06. The van der Waals surface area contributed by atoms with Crippen LogP contribution in [0.2, 0.25) is 0 Å². The molecule has 2 heterocycles. The van der Waals surface area contributed by atoms with Gasteiger partial charge in [0.25, 0.3) is 5.91 Å². The third kappa shape index (κ3) is 3.03. The summed E-state index contributed by atoms with van der Waals surface area (Å²) in [6, 6.07) is 2.08. The van der Waals surface area contributed by atoms with E-state index in [-0.39, 0.29) is 11.9 Å². The van der Waals surface area contributed by atoms with Crippen molar-refractivity contribution in [2.24, 2.45) is 0 Å². The van der Waals surface area contributed by atoms with Crippen LogP contribution in [0.15, 0.2) is 12.3 Å². The van der Waals surface area contributed by atoms with Crippen LogP contribution in [0.25, 0.3) is 0 Å². The Hall–Kier alpha value is -1.42. The van der Waals surface area contributed by atoms with Crippen molar-refractivity contribution in [2.75, 3.05) is 13.2 Å². The topological polar surface area (TPSA) is 51.2 Å². The second-order valence-electron chi connectivity index (χ2n) is 4.50. The van der Waals surface area contributed by atoms with Crippen LogP contribution in [-0.4, -0.2) is 30.1 Å². The van der Waals surface area contributed by atoms with E-state index < -0.39 is 0 Å². The highest BCUT2D eigenvalue weighted by molar-refractivity contribution is 5.95. The van der Waals surface area contributed by atoms with Gasteiger partial charge in [-0.2, -0.15) is 0 Å². The number of amides is 1. The van der Waals surface area contributed by atoms with Crippen molar-refractivity contribution in [3.05, 3.63) is 29.1 Å². The number of carbonyl (C=O) groups excluding carboxylic acids is 1. The zero-order chi connectivity index (χ0) is 12.3. The minimum atomic E-state index is -0.0000926. The molecule has 1 aliphatic rings. The molecule has 1 N–H and O–H groups in total. The Morgan fingerprint density at radius 3 is 2.82 bits per heavy atom. The van der Waals surface area contributed by atoms with Crippen LogP contribution in [0.4, 0.5) is 0 Å². The van der Waals surface area contributed by atoms with Crippen molar-refractivity contribution >= 4 is 5.91 Å². The van der Waals surface area contributed by atoms with E-state index in [0.29, 0.717) is 0 Å². The number of aromatic nitrogens is 1. The van der Waals surface area contributed by atoms with E-state index in [0.717, 1.165) is 42.9 Å². The number of ether oxygens (including phenoxy) is 1. The first kappa shape index (κ1) is 12.0. The lowest BCUT2D eigenvalue weighted by Gasteiger charge is -2.23. The highest BCUT2D eigenvalue weighted by atomic mass is 16.5. The highest BCUT2D eigenvalue weighted by Crippen LogP contribution is 2.11. The molecular weight excluding hydrogens is 216 g/mol. The third-order valence-electron chi connectivity index (χ3n) is 3.04. The predicted octanol–water partition coefficient (Wildman–Crippen LogP) is 1.61. The first-order valence-corrected chi connectivity index (χ1v) is 5.98. The molecule has 0 unspecified atom stereocenters. The number of pyridine rings is 1. The van der Waals surface area contributed by atoms with Gasteiger partial charge in [-0.15, -0.1) is 0 Å². The van der Waals surface area contributed by atoms with Crippen LogP contribution < -0.4 is 5.32 Å². The van der Waals surface area contributed by atoms with Gasteiger partial charge in [-0.25, -0.2) is 0 Å². The summed E-state index contributed by atoms with van der Waals surface area (Å²) in [6.07, 6.45) is 3.54. The van der Waals surface area contributed by atoms with Gasteiger partial charge in [-0.3, -0.25) is 9.78 Å². The lowest BCUT2D eigenvalue weighted by atomic mass is 10.1. The van der Waals surface area contributed by atoms with Crippen LogP contribution >= 0.6 is 0 Å². The van der Waals surface area contributed by atoms with Gasteiger partial charge in [0.05, 0.1) is 0 Å². The molecule has 1 aromatic rings. The first-order valence-electron chi connectivity index (χ1n) is 5.98. The Morgan fingerprint density at radius 1 is 1.41 bits per heavy atom. The molecule has 4 heteroatoms. The monoisotopic (exact) mass is 234 g/mol. The van der Waals surface area contributed by atoms with Gasteiger partial charge in [-0.05, 0) is 38.3 Å². The maximum Gasteiger partial charge on any atom is 0.251 e. The number of nitrogens with one attached hydrogen (secondary N) is 1. The lowest BCUT2D eigenvalue weighted by Crippen LogP contribution is -2.39. The Balaban J connectivity index is 2.05. The molecule has 0 spiro atoms. The summed E-state index contributed by atoms with van der Waals surface area (Å²) in [7, 11) is 0. The van der Waals surface area contributed by atoms with Crippen LogP contribution in [-0.2, 0) is 4.74 Å². The van der Waals surface area contributed by atoms with Crippen LogP contribution in [0, 0.1) is 13.8 Å². The minimum absolute atomic E-state index is 0.0000926. The summed E-state index contributed by atoms with van der Waals surface area (Å²) >= 11 is 0. The zero-order valence-corrected chi connectivity index (χ0v) is 10.3. The van der Waals surface area contributed by atoms with E-state index in [1.54, 1.807) is 6.20 Å². The van der Waals surface area contributed by atoms with Crippen molar-refractivity contribution in [2.45, 2.75) is 32.7 Å². The van der Waals surface area contributed by atoms with Crippen molar-refractivity contribution in [3.63, 3.8) is 0 Å². The van der Waals surface area contributed by atoms with Crippen LogP contribution in [0.5, 0.6) is 0 Å². The quantitative estimate of drug-likeness (QED) is 0.845. The van der Waals surface area contributed by atoms with Crippen molar-refractivity contribution in [1.29, 1.82) is 0 Å². The maximum atomic E-state index is 12.1. The van der Waals surface area contributed by atoms with Crippen molar-refractivity contribution in [1.82, 2.24) is 10.3 Å². The van der Waals surface area contributed by atoms with Crippen molar-refractivity contribution < 1.29 is 9.53 Å². The van der Waals surface area contributed by atoms with Gasteiger partial charge in [-0.1, -0.05) is 0 Å². The zero-order valence-electron chi connectivity index (χ0n) is 10.3. The predicted molar refractivity (Wildman–Crippen MR) is 65.0 cm³/mol. The largest absolute Gasteiger partial charge is 0.381 e. The number of aryl methyl sites for hydroxylation is 2. The van der Waals surface area contributed by atoms with Gasteiger partial charge < -0.3 is 10.1 Å². The average Bonchev–Trinajstić information content (AvgIpc) is 2.33. The highest BCUT2D eigenvalue weighted by Gasteiger charge is 2.18. The summed E-state index contributed by atoms with van der Waals surface area (Å²) in [6.45, 7) is 5.27. The molecule has 0 aromatic carbocycles.